The van der Waals surface area contributed by atoms with E-state index in [0.29, 0.717) is 3.64 Å². The number of halogens is 3. The Balaban J connectivity index is 6.15. The summed E-state index contributed by atoms with van der Waals surface area (Å²) in [5.41, 5.74) is -2.64. The Hall–Kier alpha value is -0.386. The fourth-order valence-corrected chi connectivity index (χ4v) is 14.7. The van der Waals surface area contributed by atoms with Crippen LogP contribution < -0.4 is 0 Å². The number of hydrogen-bond acceptors (Lipinski definition) is 2. The summed E-state index contributed by atoms with van der Waals surface area (Å²) in [6.07, 6.45) is 0. The molecule has 0 spiro atoms. The van der Waals surface area contributed by atoms with Gasteiger partial charge in [-0.1, -0.05) is 37.6 Å². The number of nitrogens with zero attached hydrogens (tertiary/aromatic N) is 1. The highest BCUT2D eigenvalue weighted by molar-refractivity contribution is 7.93. The lowest BCUT2D eigenvalue weighted by Crippen LogP contribution is -2.65. The van der Waals surface area contributed by atoms with Crippen molar-refractivity contribution in [2.75, 3.05) is 0 Å². The van der Waals surface area contributed by atoms with E-state index in [2.05, 4.69) is 13.2 Å². The maximum absolute atomic E-state index is 12.8. The quantitative estimate of drug-likeness (QED) is 0.731. The summed E-state index contributed by atoms with van der Waals surface area (Å²) in [5.74, 6) is 0. The van der Waals surface area contributed by atoms with Crippen LogP contribution in [0.25, 0.3) is 0 Å². The number of sulfonamides is 1. The molecule has 106 valence electrons. The van der Waals surface area contributed by atoms with Crippen LogP contribution in [0.4, 0.5) is 13.2 Å². The summed E-state index contributed by atoms with van der Waals surface area (Å²) < 4.78 is 62.4. The molecule has 0 aliphatic carbocycles. The van der Waals surface area contributed by atoms with Gasteiger partial charge in [0.2, 0.25) is 0 Å². The smallest absolute Gasteiger partial charge is 0.231 e. The van der Waals surface area contributed by atoms with Crippen molar-refractivity contribution in [2.24, 2.45) is 0 Å². The maximum atomic E-state index is 12.8. The lowest BCUT2D eigenvalue weighted by atomic mass is 11.3. The third-order valence-electron chi connectivity index (χ3n) is 2.58. The molecule has 3 nitrogen and oxygen atoms in total. The zero-order valence-electron chi connectivity index (χ0n) is 10.9. The minimum atomic E-state index is -5.36. The summed E-state index contributed by atoms with van der Waals surface area (Å²) in [6.45, 7) is 13.0. The van der Waals surface area contributed by atoms with Crippen molar-refractivity contribution in [1.29, 1.82) is 0 Å². The molecular weight excluding hydrogens is 299 g/mol. The first-order valence-electron chi connectivity index (χ1n) is 5.13. The molecule has 0 aromatic heterocycles. The van der Waals surface area contributed by atoms with E-state index in [1.54, 1.807) is 0 Å². The van der Waals surface area contributed by atoms with E-state index in [9.17, 15) is 21.6 Å². The molecule has 0 saturated heterocycles. The first kappa shape index (κ1) is 17.6. The standard InChI is InChI=1S/C9H18F3NO2SSi2/c1-7-17(3,4)13(18(5,6)8-2)16(14,15)9(10,11)12/h7-8H,1-2H2,3-6H3. The Morgan fingerprint density at radius 2 is 1.28 bits per heavy atom. The lowest BCUT2D eigenvalue weighted by molar-refractivity contribution is -0.0459. The van der Waals surface area contributed by atoms with E-state index >= 15 is 0 Å². The van der Waals surface area contributed by atoms with E-state index in [1.165, 1.54) is 37.6 Å². The molecule has 18 heavy (non-hydrogen) atoms. The largest absolute Gasteiger partial charge is 0.510 e. The average Bonchev–Trinajstić information content (AvgIpc) is 2.14. The summed E-state index contributed by atoms with van der Waals surface area (Å²) in [5, 5.41) is 0. The molecule has 0 radical (unpaired) electrons. The second kappa shape index (κ2) is 4.95. The molecule has 0 atom stereocenters. The number of hydrogen-bond donors (Lipinski definition) is 0. The van der Waals surface area contributed by atoms with Gasteiger partial charge in [0.05, 0.1) is 0 Å². The van der Waals surface area contributed by atoms with Crippen LogP contribution in [0, 0.1) is 0 Å². The molecule has 0 aromatic carbocycles. The molecule has 0 N–H and O–H groups in total. The molecule has 0 unspecified atom stereocenters. The van der Waals surface area contributed by atoms with Gasteiger partial charge in [0.25, 0.3) is 0 Å². The monoisotopic (exact) mass is 317 g/mol. The average molecular weight is 317 g/mol. The van der Waals surface area contributed by atoms with Gasteiger partial charge in [0.1, 0.15) is 0 Å². The van der Waals surface area contributed by atoms with Crippen LogP contribution in [0.1, 0.15) is 0 Å². The highest BCUT2D eigenvalue weighted by atomic mass is 32.2. The van der Waals surface area contributed by atoms with Crippen molar-refractivity contribution in [2.45, 2.75) is 31.7 Å². The van der Waals surface area contributed by atoms with Crippen molar-refractivity contribution in [3.63, 3.8) is 0 Å². The second-order valence-electron chi connectivity index (χ2n) is 4.93. The molecule has 0 aliphatic heterocycles. The predicted octanol–water partition coefficient (Wildman–Crippen LogP) is 3.00. The van der Waals surface area contributed by atoms with Crippen LogP contribution in [-0.2, 0) is 10.0 Å². The Bertz CT molecular complexity index is 423. The molecule has 0 amide bonds. The molecule has 0 fully saturated rings. The summed E-state index contributed by atoms with van der Waals surface area (Å²) in [6, 6.07) is 0. The molecule has 9 heteroatoms. The van der Waals surface area contributed by atoms with Gasteiger partial charge in [0, 0.05) is 0 Å². The summed E-state index contributed by atoms with van der Waals surface area (Å²) in [4.78, 5) is 0. The van der Waals surface area contributed by atoms with E-state index in [4.69, 9.17) is 0 Å². The Labute approximate surface area is 108 Å². The summed E-state index contributed by atoms with van der Waals surface area (Å²) >= 11 is 0. The van der Waals surface area contributed by atoms with E-state index in [0.717, 1.165) is 0 Å². The normalized spacial score (nSPS) is 14.7. The van der Waals surface area contributed by atoms with Crippen LogP contribution in [0.5, 0.6) is 0 Å². The lowest BCUT2D eigenvalue weighted by Gasteiger charge is -2.42. The van der Waals surface area contributed by atoms with Gasteiger partial charge >= 0.3 is 15.5 Å². The Morgan fingerprint density at radius 3 is 1.44 bits per heavy atom. The Kier molecular flexibility index (Phi) is 4.84. The third-order valence-corrected chi connectivity index (χ3v) is 15.5. The molecule has 0 aliphatic rings. The predicted molar refractivity (Wildman–Crippen MR) is 72.2 cm³/mol. The molecule has 0 rings (SSSR count). The van der Waals surface area contributed by atoms with Crippen LogP contribution in [0.15, 0.2) is 24.6 Å². The molecular formula is C9H18F3NO2SSi2. The van der Waals surface area contributed by atoms with Gasteiger partial charge in [0.15, 0.2) is 16.5 Å². The van der Waals surface area contributed by atoms with Gasteiger partial charge in [-0.2, -0.15) is 13.2 Å². The van der Waals surface area contributed by atoms with Gasteiger partial charge < -0.3 is 0 Å². The van der Waals surface area contributed by atoms with Gasteiger partial charge in [-0.15, -0.1) is 13.2 Å². The zero-order valence-corrected chi connectivity index (χ0v) is 13.7. The molecule has 0 aromatic rings. The minimum Gasteiger partial charge on any atom is -0.231 e. The number of alkyl halides is 3. The van der Waals surface area contributed by atoms with E-state index in [-0.39, 0.29) is 0 Å². The molecule has 0 saturated carbocycles. The van der Waals surface area contributed by atoms with Gasteiger partial charge in [-0.25, -0.2) is 12.1 Å². The van der Waals surface area contributed by atoms with Gasteiger partial charge in [-0.3, -0.25) is 0 Å². The van der Waals surface area contributed by atoms with Crippen LogP contribution in [0.3, 0.4) is 0 Å². The highest BCUT2D eigenvalue weighted by Gasteiger charge is 2.57. The SMILES string of the molecule is C=C[Si](C)(C)N([Si](C)(C)C=C)S(=O)(=O)C(F)(F)F. The van der Waals surface area contributed by atoms with Crippen LogP contribution >= 0.6 is 0 Å². The molecule has 0 bridgehead atoms. The molecule has 0 heterocycles. The van der Waals surface area contributed by atoms with Crippen molar-refractivity contribution >= 4 is 26.5 Å². The van der Waals surface area contributed by atoms with E-state index < -0.39 is 32.0 Å². The van der Waals surface area contributed by atoms with Crippen molar-refractivity contribution in [3.05, 3.63) is 24.6 Å². The first-order valence-corrected chi connectivity index (χ1v) is 12.6. The highest BCUT2D eigenvalue weighted by Crippen LogP contribution is 2.35. The fourth-order valence-electron chi connectivity index (χ4n) is 1.63. The topological polar surface area (TPSA) is 37.4 Å². The van der Waals surface area contributed by atoms with Crippen LogP contribution in [0.2, 0.25) is 26.2 Å². The van der Waals surface area contributed by atoms with Crippen molar-refractivity contribution < 1.29 is 21.6 Å². The Morgan fingerprint density at radius 1 is 1.00 bits per heavy atom. The van der Waals surface area contributed by atoms with Crippen molar-refractivity contribution in [1.82, 2.24) is 3.64 Å². The fraction of sp³-hybridized carbons (Fsp3) is 0.556. The zero-order chi connectivity index (χ0) is 15.0. The second-order valence-corrected chi connectivity index (χ2v) is 16.1. The third kappa shape index (κ3) is 3.13. The van der Waals surface area contributed by atoms with Crippen LogP contribution in [-0.4, -0.2) is 34.0 Å². The maximum Gasteiger partial charge on any atom is 0.510 e. The number of rotatable bonds is 5. The summed E-state index contributed by atoms with van der Waals surface area (Å²) in [7, 11) is -11.2. The first-order chi connectivity index (χ1) is 7.74. The van der Waals surface area contributed by atoms with Crippen molar-refractivity contribution in [3.8, 4) is 0 Å². The van der Waals surface area contributed by atoms with E-state index in [1.807, 2.05) is 0 Å². The minimum absolute atomic E-state index is 0.646. The van der Waals surface area contributed by atoms with Gasteiger partial charge in [-0.05, 0) is 0 Å².